The first-order valence-electron chi connectivity index (χ1n) is 10.8. The van der Waals surface area contributed by atoms with Crippen LogP contribution in [0.1, 0.15) is 23.1 Å². The van der Waals surface area contributed by atoms with Crippen molar-refractivity contribution in [2.24, 2.45) is 0 Å². The zero-order chi connectivity index (χ0) is 24.5. The molecular formula is C23H25F3N6OS. The van der Waals surface area contributed by atoms with Gasteiger partial charge in [-0.1, -0.05) is 11.8 Å². The van der Waals surface area contributed by atoms with Gasteiger partial charge in [-0.25, -0.2) is 14.6 Å². The van der Waals surface area contributed by atoms with Crippen LogP contribution in [0.15, 0.2) is 41.8 Å². The normalized spacial score (nSPS) is 16.0. The summed E-state index contributed by atoms with van der Waals surface area (Å²) in [5, 5.41) is 4.99. The molecule has 1 saturated heterocycles. The number of piperazine rings is 1. The predicted octanol–water partition coefficient (Wildman–Crippen LogP) is 4.22. The third-order valence-corrected chi connectivity index (χ3v) is 6.47. The Labute approximate surface area is 200 Å². The van der Waals surface area contributed by atoms with Crippen molar-refractivity contribution in [3.05, 3.63) is 53.6 Å². The molecule has 34 heavy (non-hydrogen) atoms. The second-order valence-corrected chi connectivity index (χ2v) is 8.91. The van der Waals surface area contributed by atoms with Crippen molar-refractivity contribution >= 4 is 23.7 Å². The van der Waals surface area contributed by atoms with Crippen LogP contribution < -0.4 is 4.90 Å². The van der Waals surface area contributed by atoms with Gasteiger partial charge in [0.25, 0.3) is 0 Å². The fraction of sp³-hybridized carbons (Fsp3) is 0.391. The van der Waals surface area contributed by atoms with E-state index >= 15 is 0 Å². The SMILES string of the molecule is CSc1ncc(-c2cc(C(F)(F)F)ccc2N2CCN(C(C=O)n3nc(C)cc3C)CC2)cn1. The molecule has 4 rings (SSSR count). The summed E-state index contributed by atoms with van der Waals surface area (Å²) in [7, 11) is 0. The lowest BCUT2D eigenvalue weighted by Crippen LogP contribution is -2.49. The molecule has 1 aliphatic rings. The standard InChI is InChI=1S/C23H25F3N6OS/c1-15-10-16(2)32(29-15)21(14-33)31-8-6-30(7-9-31)20-5-4-18(23(24,25)26)11-19(20)17-12-27-22(34-3)28-13-17/h4-5,10-14,21H,6-9H2,1-3H3. The van der Waals surface area contributed by atoms with Crippen LogP contribution in [0.3, 0.4) is 0 Å². The average molecular weight is 491 g/mol. The van der Waals surface area contributed by atoms with Crippen molar-refractivity contribution in [3.63, 3.8) is 0 Å². The number of carbonyl (C=O) groups is 1. The summed E-state index contributed by atoms with van der Waals surface area (Å²) in [4.78, 5) is 24.4. The van der Waals surface area contributed by atoms with Gasteiger partial charge in [0, 0.05) is 61.1 Å². The summed E-state index contributed by atoms with van der Waals surface area (Å²) in [5.41, 5.74) is 2.66. The van der Waals surface area contributed by atoms with Crippen molar-refractivity contribution in [2.45, 2.75) is 31.3 Å². The molecular weight excluding hydrogens is 465 g/mol. The van der Waals surface area contributed by atoms with Gasteiger partial charge in [-0.3, -0.25) is 9.69 Å². The van der Waals surface area contributed by atoms with Crippen LogP contribution in [0.25, 0.3) is 11.1 Å². The molecule has 0 N–H and O–H groups in total. The molecule has 0 aliphatic carbocycles. The van der Waals surface area contributed by atoms with Gasteiger partial charge >= 0.3 is 6.18 Å². The van der Waals surface area contributed by atoms with Gasteiger partial charge < -0.3 is 4.90 Å². The van der Waals surface area contributed by atoms with E-state index in [-0.39, 0.29) is 0 Å². The molecule has 3 heterocycles. The molecule has 0 spiro atoms. The summed E-state index contributed by atoms with van der Waals surface area (Å²) in [5.74, 6) is 0. The first kappa shape index (κ1) is 24.2. The third-order valence-electron chi connectivity index (χ3n) is 5.89. The van der Waals surface area contributed by atoms with E-state index in [0.717, 1.165) is 29.8 Å². The van der Waals surface area contributed by atoms with Crippen LogP contribution in [0, 0.1) is 13.8 Å². The fourth-order valence-electron chi connectivity index (χ4n) is 4.22. The topological polar surface area (TPSA) is 67.2 Å². The van der Waals surface area contributed by atoms with Gasteiger partial charge in [0.15, 0.2) is 17.6 Å². The van der Waals surface area contributed by atoms with E-state index in [1.807, 2.05) is 36.0 Å². The summed E-state index contributed by atoms with van der Waals surface area (Å²) < 4.78 is 42.1. The number of aldehydes is 1. The third kappa shape index (κ3) is 4.95. The number of nitrogens with zero attached hydrogens (tertiary/aromatic N) is 6. The van der Waals surface area contributed by atoms with E-state index in [4.69, 9.17) is 0 Å². The number of aryl methyl sites for hydroxylation is 2. The van der Waals surface area contributed by atoms with Crippen LogP contribution in [-0.4, -0.2) is 63.4 Å². The van der Waals surface area contributed by atoms with E-state index in [2.05, 4.69) is 15.1 Å². The molecule has 1 aromatic carbocycles. The lowest BCUT2D eigenvalue weighted by molar-refractivity contribution is -0.137. The number of halogens is 3. The van der Waals surface area contributed by atoms with Gasteiger partial charge in [0.2, 0.25) is 0 Å². The molecule has 0 saturated carbocycles. The molecule has 0 amide bonds. The van der Waals surface area contributed by atoms with Crippen LogP contribution >= 0.6 is 11.8 Å². The zero-order valence-corrected chi connectivity index (χ0v) is 19.9. The zero-order valence-electron chi connectivity index (χ0n) is 19.1. The lowest BCUT2D eigenvalue weighted by Gasteiger charge is -2.39. The van der Waals surface area contributed by atoms with E-state index in [1.54, 1.807) is 17.1 Å². The molecule has 180 valence electrons. The number of thioether (sulfide) groups is 1. The fourth-order valence-corrected chi connectivity index (χ4v) is 4.54. The Bertz CT molecular complexity index is 1160. The second kappa shape index (κ2) is 9.75. The van der Waals surface area contributed by atoms with Crippen molar-refractivity contribution in [2.75, 3.05) is 37.3 Å². The lowest BCUT2D eigenvalue weighted by atomic mass is 10.0. The van der Waals surface area contributed by atoms with Gasteiger partial charge in [-0.2, -0.15) is 18.3 Å². The minimum Gasteiger partial charge on any atom is -0.368 e. The molecule has 1 unspecified atom stereocenters. The number of anilines is 1. The van der Waals surface area contributed by atoms with Crippen LogP contribution in [0.5, 0.6) is 0 Å². The maximum atomic E-state index is 13.5. The number of alkyl halides is 3. The quantitative estimate of drug-likeness (QED) is 0.291. The number of aromatic nitrogens is 4. The highest BCUT2D eigenvalue weighted by atomic mass is 32.2. The molecule has 1 aliphatic heterocycles. The van der Waals surface area contributed by atoms with Gasteiger partial charge in [-0.05, 0) is 44.4 Å². The number of hydrogen-bond acceptors (Lipinski definition) is 7. The Hall–Kier alpha value is -2.92. The van der Waals surface area contributed by atoms with Crippen LogP contribution in [0.2, 0.25) is 0 Å². The highest BCUT2D eigenvalue weighted by Crippen LogP contribution is 2.38. The minimum atomic E-state index is -4.46. The highest BCUT2D eigenvalue weighted by Gasteiger charge is 2.33. The monoisotopic (exact) mass is 490 g/mol. The first-order chi connectivity index (χ1) is 16.2. The van der Waals surface area contributed by atoms with E-state index in [9.17, 15) is 18.0 Å². The molecule has 11 heteroatoms. The Morgan fingerprint density at radius 3 is 2.26 bits per heavy atom. The number of rotatable bonds is 6. The largest absolute Gasteiger partial charge is 0.416 e. The van der Waals surface area contributed by atoms with E-state index in [1.165, 1.54) is 17.8 Å². The smallest absolute Gasteiger partial charge is 0.368 e. The molecule has 1 atom stereocenters. The van der Waals surface area contributed by atoms with Crippen molar-refractivity contribution in [1.82, 2.24) is 24.6 Å². The summed E-state index contributed by atoms with van der Waals surface area (Å²) >= 11 is 1.36. The summed E-state index contributed by atoms with van der Waals surface area (Å²) in [6, 6.07) is 5.69. The minimum absolute atomic E-state index is 0.432. The van der Waals surface area contributed by atoms with Crippen molar-refractivity contribution in [1.29, 1.82) is 0 Å². The number of benzene rings is 1. The van der Waals surface area contributed by atoms with Gasteiger partial charge in [-0.15, -0.1) is 0 Å². The van der Waals surface area contributed by atoms with Crippen LogP contribution in [0.4, 0.5) is 18.9 Å². The van der Waals surface area contributed by atoms with Crippen LogP contribution in [-0.2, 0) is 11.0 Å². The summed E-state index contributed by atoms with van der Waals surface area (Å²) in [6.07, 6.45) is 0.851. The Morgan fingerprint density at radius 2 is 1.74 bits per heavy atom. The van der Waals surface area contributed by atoms with Crippen molar-refractivity contribution in [3.8, 4) is 11.1 Å². The Kier molecular flexibility index (Phi) is 6.94. The second-order valence-electron chi connectivity index (χ2n) is 8.13. The molecule has 3 aromatic rings. The molecule has 1 fully saturated rings. The molecule has 0 bridgehead atoms. The maximum absolute atomic E-state index is 13.5. The van der Waals surface area contributed by atoms with E-state index in [0.29, 0.717) is 48.1 Å². The van der Waals surface area contributed by atoms with Crippen molar-refractivity contribution < 1.29 is 18.0 Å². The Morgan fingerprint density at radius 1 is 1.06 bits per heavy atom. The van der Waals surface area contributed by atoms with E-state index < -0.39 is 17.9 Å². The molecule has 7 nitrogen and oxygen atoms in total. The molecule has 0 radical (unpaired) electrons. The van der Waals surface area contributed by atoms with Gasteiger partial charge in [0.05, 0.1) is 11.3 Å². The molecule has 2 aromatic heterocycles. The number of carbonyl (C=O) groups excluding carboxylic acids is 1. The maximum Gasteiger partial charge on any atom is 0.416 e. The first-order valence-corrected chi connectivity index (χ1v) is 12.0. The number of hydrogen-bond donors (Lipinski definition) is 0. The summed E-state index contributed by atoms with van der Waals surface area (Å²) in [6.45, 7) is 6.00. The predicted molar refractivity (Wildman–Crippen MR) is 125 cm³/mol. The highest BCUT2D eigenvalue weighted by molar-refractivity contribution is 7.98. The van der Waals surface area contributed by atoms with Gasteiger partial charge in [0.1, 0.15) is 0 Å². The Balaban J connectivity index is 1.60. The average Bonchev–Trinajstić information content (AvgIpc) is 3.16.